The van der Waals surface area contributed by atoms with Crippen molar-refractivity contribution in [2.24, 2.45) is 0 Å². The Morgan fingerprint density at radius 1 is 0.944 bits per heavy atom. The summed E-state index contributed by atoms with van der Waals surface area (Å²) in [4.78, 5) is 17.1. The van der Waals surface area contributed by atoms with Crippen LogP contribution in [0.25, 0.3) is 22.4 Å². The fourth-order valence-electron chi connectivity index (χ4n) is 3.49. The third kappa shape index (κ3) is 5.96. The summed E-state index contributed by atoms with van der Waals surface area (Å²) in [6.45, 7) is 9.32. The van der Waals surface area contributed by atoms with Crippen LogP contribution in [-0.4, -0.2) is 35.3 Å². The normalized spacial score (nSPS) is 12.0. The molecule has 8 nitrogen and oxygen atoms in total. The summed E-state index contributed by atoms with van der Waals surface area (Å²) < 4.78 is 48.6. The van der Waals surface area contributed by atoms with Gasteiger partial charge in [-0.15, -0.1) is 0 Å². The summed E-state index contributed by atoms with van der Waals surface area (Å²) in [7, 11) is 0. The molecule has 0 aromatic carbocycles. The van der Waals surface area contributed by atoms with Crippen molar-refractivity contribution in [1.29, 1.82) is 0 Å². The second-order valence-corrected chi connectivity index (χ2v) is 9.08. The lowest BCUT2D eigenvalue weighted by Crippen LogP contribution is -2.23. The summed E-state index contributed by atoms with van der Waals surface area (Å²) in [5, 5.41) is 6.85. The Morgan fingerprint density at radius 2 is 1.69 bits per heavy atom. The van der Waals surface area contributed by atoms with Gasteiger partial charge in [-0.25, -0.2) is 19.9 Å². The zero-order valence-corrected chi connectivity index (χ0v) is 20.6. The molecule has 0 amide bonds. The maximum atomic E-state index is 13.8. The summed E-state index contributed by atoms with van der Waals surface area (Å²) in [6, 6.07) is 8.54. The van der Waals surface area contributed by atoms with Gasteiger partial charge < -0.3 is 10.1 Å². The van der Waals surface area contributed by atoms with E-state index in [1.807, 2.05) is 20.8 Å². The molecule has 0 aliphatic carbocycles. The lowest BCUT2D eigenvalue weighted by Gasteiger charge is -2.21. The average molecular weight is 498 g/mol. The van der Waals surface area contributed by atoms with E-state index >= 15 is 0 Å². The molecule has 1 N–H and O–H groups in total. The second kappa shape index (κ2) is 9.56. The first kappa shape index (κ1) is 25.1. The molecule has 0 aliphatic rings. The molecule has 11 heteroatoms. The predicted octanol–water partition coefficient (Wildman–Crippen LogP) is 6.07. The van der Waals surface area contributed by atoms with Gasteiger partial charge in [0.15, 0.2) is 5.69 Å². The minimum absolute atomic E-state index is 0.108. The number of nitrogens with one attached hydrogen (secondary N) is 1. The first-order chi connectivity index (χ1) is 16.9. The molecule has 36 heavy (non-hydrogen) atoms. The number of ether oxygens (including phenoxy) is 1. The number of aromatic nitrogens is 6. The molecule has 0 radical (unpaired) electrons. The van der Waals surface area contributed by atoms with Gasteiger partial charge in [-0.3, -0.25) is 4.68 Å². The van der Waals surface area contributed by atoms with Crippen molar-refractivity contribution < 1.29 is 17.9 Å². The van der Waals surface area contributed by atoms with Crippen molar-refractivity contribution in [3.63, 3.8) is 0 Å². The van der Waals surface area contributed by atoms with Gasteiger partial charge in [0.1, 0.15) is 23.1 Å². The topological polar surface area (TPSA) is 90.6 Å². The van der Waals surface area contributed by atoms with Crippen LogP contribution in [0.3, 0.4) is 0 Å². The molecular formula is C25H26F3N7O. The van der Waals surface area contributed by atoms with E-state index < -0.39 is 17.5 Å². The smallest absolute Gasteiger partial charge is 0.435 e. The van der Waals surface area contributed by atoms with Crippen LogP contribution < -0.4 is 10.1 Å². The molecule has 0 unspecified atom stereocenters. The van der Waals surface area contributed by atoms with Crippen LogP contribution in [-0.2, 0) is 12.7 Å². The highest BCUT2D eigenvalue weighted by Crippen LogP contribution is 2.38. The first-order valence-corrected chi connectivity index (χ1v) is 11.3. The van der Waals surface area contributed by atoms with E-state index in [4.69, 9.17) is 4.74 Å². The van der Waals surface area contributed by atoms with Gasteiger partial charge in [-0.05, 0) is 70.0 Å². The minimum atomic E-state index is -4.64. The van der Waals surface area contributed by atoms with Crippen LogP contribution in [0.5, 0.6) is 5.88 Å². The predicted molar refractivity (Wildman–Crippen MR) is 130 cm³/mol. The molecule has 0 saturated heterocycles. The Hall–Kier alpha value is -4.02. The largest absolute Gasteiger partial charge is 0.472 e. The lowest BCUT2D eigenvalue weighted by atomic mass is 10.0. The van der Waals surface area contributed by atoms with Gasteiger partial charge >= 0.3 is 6.18 Å². The standard InChI is InChI=1S/C25H26F3N7O/c1-6-35-14-18(23(34-35)25(26,27)28)19-11-17(13-22(32-19)36-24(3,4)5)16-7-9-30-21(12-16)33-20-8-10-29-15(2)31-20/h7-14H,6H2,1-5H3,(H,29,30,31,33). The number of rotatable bonds is 6. The highest BCUT2D eigenvalue weighted by molar-refractivity contribution is 5.74. The average Bonchev–Trinajstić information content (AvgIpc) is 3.23. The molecule has 4 aromatic rings. The molecule has 188 valence electrons. The molecule has 4 rings (SSSR count). The van der Waals surface area contributed by atoms with Crippen molar-refractivity contribution in [3.8, 4) is 28.3 Å². The van der Waals surface area contributed by atoms with Crippen LogP contribution in [0.2, 0.25) is 0 Å². The molecule has 4 aromatic heterocycles. The van der Waals surface area contributed by atoms with Crippen LogP contribution in [0.15, 0.2) is 48.9 Å². The maximum Gasteiger partial charge on any atom is 0.435 e. The zero-order valence-electron chi connectivity index (χ0n) is 20.6. The van der Waals surface area contributed by atoms with Crippen LogP contribution in [0, 0.1) is 6.92 Å². The number of alkyl halides is 3. The van der Waals surface area contributed by atoms with Crippen molar-refractivity contribution in [1.82, 2.24) is 29.7 Å². The van der Waals surface area contributed by atoms with E-state index in [-0.39, 0.29) is 23.7 Å². The minimum Gasteiger partial charge on any atom is -0.472 e. The van der Waals surface area contributed by atoms with E-state index in [0.29, 0.717) is 28.6 Å². The van der Waals surface area contributed by atoms with E-state index in [1.54, 1.807) is 56.6 Å². The van der Waals surface area contributed by atoms with Gasteiger partial charge in [0.2, 0.25) is 5.88 Å². The molecular weight excluding hydrogens is 471 g/mol. The quantitative estimate of drug-likeness (QED) is 0.346. The fourth-order valence-corrected chi connectivity index (χ4v) is 3.49. The van der Waals surface area contributed by atoms with E-state index in [0.717, 1.165) is 0 Å². The van der Waals surface area contributed by atoms with Gasteiger partial charge in [-0.1, -0.05) is 0 Å². The Balaban J connectivity index is 1.81. The van der Waals surface area contributed by atoms with Gasteiger partial charge in [0.25, 0.3) is 0 Å². The number of anilines is 2. The molecule has 4 heterocycles. The Kier molecular flexibility index (Phi) is 6.66. The van der Waals surface area contributed by atoms with Crippen molar-refractivity contribution in [3.05, 3.63) is 60.4 Å². The van der Waals surface area contributed by atoms with Gasteiger partial charge in [0.05, 0.1) is 11.3 Å². The molecule has 0 bridgehead atoms. The summed E-state index contributed by atoms with van der Waals surface area (Å²) in [5.41, 5.74) is -0.297. The van der Waals surface area contributed by atoms with Crippen molar-refractivity contribution in [2.45, 2.75) is 52.9 Å². The summed E-state index contributed by atoms with van der Waals surface area (Å²) >= 11 is 0. The zero-order chi connectivity index (χ0) is 26.1. The number of aryl methyl sites for hydroxylation is 2. The Bertz CT molecular complexity index is 1380. The highest BCUT2D eigenvalue weighted by Gasteiger charge is 2.38. The SMILES string of the molecule is CCn1cc(-c2cc(-c3ccnc(Nc4ccnc(C)n4)c3)cc(OC(C)(C)C)n2)c(C(F)(F)F)n1. The molecule has 0 spiro atoms. The number of hydrogen-bond donors (Lipinski definition) is 1. The molecule has 0 atom stereocenters. The lowest BCUT2D eigenvalue weighted by molar-refractivity contribution is -0.141. The first-order valence-electron chi connectivity index (χ1n) is 11.3. The number of halogens is 3. The van der Waals surface area contributed by atoms with Crippen LogP contribution >= 0.6 is 0 Å². The monoisotopic (exact) mass is 497 g/mol. The number of hydrogen-bond acceptors (Lipinski definition) is 7. The molecule has 0 fully saturated rings. The molecule has 0 aliphatic heterocycles. The number of nitrogens with zero attached hydrogens (tertiary/aromatic N) is 6. The van der Waals surface area contributed by atoms with Crippen molar-refractivity contribution in [2.75, 3.05) is 5.32 Å². The van der Waals surface area contributed by atoms with E-state index in [9.17, 15) is 13.2 Å². The van der Waals surface area contributed by atoms with Gasteiger partial charge in [0, 0.05) is 31.2 Å². The second-order valence-electron chi connectivity index (χ2n) is 9.08. The number of pyridine rings is 2. The maximum absolute atomic E-state index is 13.8. The van der Waals surface area contributed by atoms with Crippen LogP contribution in [0.4, 0.5) is 24.8 Å². The summed E-state index contributed by atoms with van der Waals surface area (Å²) in [6.07, 6.45) is -0.0461. The molecule has 0 saturated carbocycles. The summed E-state index contributed by atoms with van der Waals surface area (Å²) in [5.74, 6) is 1.88. The Labute approximate surface area is 206 Å². The van der Waals surface area contributed by atoms with E-state index in [1.165, 1.54) is 10.9 Å². The Morgan fingerprint density at radius 3 is 2.36 bits per heavy atom. The van der Waals surface area contributed by atoms with E-state index in [2.05, 4.69) is 30.4 Å². The third-order valence-corrected chi connectivity index (χ3v) is 4.97. The highest BCUT2D eigenvalue weighted by atomic mass is 19.4. The van der Waals surface area contributed by atoms with Gasteiger partial charge in [-0.2, -0.15) is 18.3 Å². The fraction of sp³-hybridized carbons (Fsp3) is 0.320. The van der Waals surface area contributed by atoms with Crippen molar-refractivity contribution >= 4 is 11.6 Å². The third-order valence-electron chi connectivity index (χ3n) is 4.97. The van der Waals surface area contributed by atoms with Crippen LogP contribution in [0.1, 0.15) is 39.2 Å².